The van der Waals surface area contributed by atoms with Crippen molar-refractivity contribution < 1.29 is 0 Å². The van der Waals surface area contributed by atoms with Gasteiger partial charge in [0, 0.05) is 0 Å². The fourth-order valence-electron chi connectivity index (χ4n) is 1.33. The summed E-state index contributed by atoms with van der Waals surface area (Å²) in [5.74, 6) is 0. The number of rotatable bonds is 1. The third kappa shape index (κ3) is 1.78. The number of hydrogen-bond acceptors (Lipinski definition) is 0. The van der Waals surface area contributed by atoms with Crippen LogP contribution in [0.25, 0.3) is 16.8 Å². The highest BCUT2D eigenvalue weighted by Crippen LogP contribution is 2.15. The summed E-state index contributed by atoms with van der Waals surface area (Å²) in [6, 6.07) is 14.7. The minimum absolute atomic E-state index is 0. The second-order valence-corrected chi connectivity index (χ2v) is 2.81. The molecule has 0 heterocycles. The Morgan fingerprint density at radius 3 is 2.31 bits per heavy atom. The lowest BCUT2D eigenvalue weighted by Gasteiger charge is -1.97. The highest BCUT2D eigenvalue weighted by Gasteiger charge is 1.90. The number of fused-ring (bicyclic) bond motifs is 1. The largest absolute Gasteiger partial charge is 0.0985 e. The number of benzene rings is 2. The van der Waals surface area contributed by atoms with Gasteiger partial charge in [0.25, 0.3) is 0 Å². The fourth-order valence-corrected chi connectivity index (χ4v) is 1.33. The standard InChI is InChI=1S/C12H10.CH4/c1-2-10-7-8-11-5-3-4-6-12(11)9-10;/h2-9H,1H2;1H4. The molecule has 0 heteroatoms. The van der Waals surface area contributed by atoms with Gasteiger partial charge < -0.3 is 0 Å². The van der Waals surface area contributed by atoms with Gasteiger partial charge in [0.05, 0.1) is 0 Å². The van der Waals surface area contributed by atoms with Gasteiger partial charge in [0.15, 0.2) is 0 Å². The first-order valence-electron chi connectivity index (χ1n) is 4.01. The topological polar surface area (TPSA) is 0 Å². The van der Waals surface area contributed by atoms with Crippen LogP contribution < -0.4 is 0 Å². The summed E-state index contributed by atoms with van der Waals surface area (Å²) in [7, 11) is 0. The Morgan fingerprint density at radius 1 is 0.923 bits per heavy atom. The van der Waals surface area contributed by atoms with Gasteiger partial charge in [-0.2, -0.15) is 0 Å². The third-order valence-corrected chi connectivity index (χ3v) is 2.01. The molecule has 2 rings (SSSR count). The van der Waals surface area contributed by atoms with Gasteiger partial charge in [0.2, 0.25) is 0 Å². The lowest BCUT2D eigenvalue weighted by atomic mass is 10.1. The molecule has 2 aromatic rings. The Balaban J connectivity index is 0.000000845. The van der Waals surface area contributed by atoms with Gasteiger partial charge in [-0.3, -0.25) is 0 Å². The summed E-state index contributed by atoms with van der Waals surface area (Å²) in [5, 5.41) is 2.55. The van der Waals surface area contributed by atoms with Gasteiger partial charge in [0.1, 0.15) is 0 Å². The van der Waals surface area contributed by atoms with Crippen molar-refractivity contribution in [2.45, 2.75) is 7.43 Å². The maximum Gasteiger partial charge on any atom is -0.0178 e. The average molecular weight is 170 g/mol. The normalized spacial score (nSPS) is 9.23. The first-order chi connectivity index (χ1) is 5.90. The van der Waals surface area contributed by atoms with Crippen LogP contribution >= 0.6 is 0 Å². The Labute approximate surface area is 79.5 Å². The molecule has 0 aromatic heterocycles. The zero-order chi connectivity index (χ0) is 8.39. The molecule has 66 valence electrons. The van der Waals surface area contributed by atoms with E-state index in [1.165, 1.54) is 16.3 Å². The third-order valence-electron chi connectivity index (χ3n) is 2.01. The summed E-state index contributed by atoms with van der Waals surface area (Å²) < 4.78 is 0. The molecule has 0 radical (unpaired) electrons. The average Bonchev–Trinajstić information content (AvgIpc) is 2.17. The highest BCUT2D eigenvalue weighted by atomic mass is 14.0. The molecular weight excluding hydrogens is 156 g/mol. The first-order valence-corrected chi connectivity index (χ1v) is 4.01. The van der Waals surface area contributed by atoms with E-state index in [0.29, 0.717) is 0 Å². The van der Waals surface area contributed by atoms with Crippen LogP contribution in [-0.2, 0) is 0 Å². The monoisotopic (exact) mass is 170 g/mol. The molecule has 0 aliphatic rings. The summed E-state index contributed by atoms with van der Waals surface area (Å²) in [4.78, 5) is 0. The molecule has 0 aliphatic heterocycles. The first kappa shape index (κ1) is 9.53. The molecule has 0 N–H and O–H groups in total. The molecule has 0 saturated carbocycles. The predicted octanol–water partition coefficient (Wildman–Crippen LogP) is 4.12. The van der Waals surface area contributed by atoms with Crippen LogP contribution in [0.15, 0.2) is 49.0 Å². The predicted molar refractivity (Wildman–Crippen MR) is 60.8 cm³/mol. The second kappa shape index (κ2) is 3.90. The quantitative estimate of drug-likeness (QED) is 0.604. The Hall–Kier alpha value is -1.56. The van der Waals surface area contributed by atoms with Crippen molar-refractivity contribution in [3.05, 3.63) is 54.6 Å². The van der Waals surface area contributed by atoms with Crippen LogP contribution in [0.4, 0.5) is 0 Å². The van der Waals surface area contributed by atoms with E-state index in [-0.39, 0.29) is 7.43 Å². The van der Waals surface area contributed by atoms with Crippen molar-refractivity contribution in [2.24, 2.45) is 0 Å². The van der Waals surface area contributed by atoms with E-state index in [4.69, 9.17) is 0 Å². The van der Waals surface area contributed by atoms with Crippen molar-refractivity contribution in [1.82, 2.24) is 0 Å². The van der Waals surface area contributed by atoms with Gasteiger partial charge >= 0.3 is 0 Å². The molecule has 0 bridgehead atoms. The zero-order valence-corrected chi connectivity index (χ0v) is 6.83. The van der Waals surface area contributed by atoms with E-state index < -0.39 is 0 Å². The van der Waals surface area contributed by atoms with E-state index in [1.54, 1.807) is 0 Å². The molecule has 2 aromatic carbocycles. The van der Waals surface area contributed by atoms with Crippen molar-refractivity contribution >= 4 is 16.8 Å². The van der Waals surface area contributed by atoms with Gasteiger partial charge in [-0.1, -0.05) is 56.5 Å². The lowest BCUT2D eigenvalue weighted by molar-refractivity contribution is 1.71. The van der Waals surface area contributed by atoms with Crippen LogP contribution in [0.2, 0.25) is 0 Å². The summed E-state index contributed by atoms with van der Waals surface area (Å²) in [6.07, 6.45) is 1.87. The summed E-state index contributed by atoms with van der Waals surface area (Å²) >= 11 is 0. The van der Waals surface area contributed by atoms with Gasteiger partial charge in [-0.15, -0.1) is 0 Å². The van der Waals surface area contributed by atoms with E-state index in [2.05, 4.69) is 49.0 Å². The van der Waals surface area contributed by atoms with E-state index in [0.717, 1.165) is 0 Å². The van der Waals surface area contributed by atoms with Gasteiger partial charge in [-0.25, -0.2) is 0 Å². The molecule has 0 amide bonds. The van der Waals surface area contributed by atoms with Crippen molar-refractivity contribution in [3.8, 4) is 0 Å². The van der Waals surface area contributed by atoms with Crippen LogP contribution in [0, 0.1) is 0 Å². The second-order valence-electron chi connectivity index (χ2n) is 2.81. The molecule has 0 nitrogen and oxygen atoms in total. The minimum Gasteiger partial charge on any atom is -0.0985 e. The Morgan fingerprint density at radius 2 is 1.62 bits per heavy atom. The van der Waals surface area contributed by atoms with Crippen LogP contribution in [-0.4, -0.2) is 0 Å². The lowest BCUT2D eigenvalue weighted by Crippen LogP contribution is -1.73. The van der Waals surface area contributed by atoms with E-state index in [9.17, 15) is 0 Å². The maximum atomic E-state index is 3.74. The summed E-state index contributed by atoms with van der Waals surface area (Å²) in [5.41, 5.74) is 1.17. The fraction of sp³-hybridized carbons (Fsp3) is 0.0769. The molecule has 0 fully saturated rings. The van der Waals surface area contributed by atoms with Crippen LogP contribution in [0.5, 0.6) is 0 Å². The molecule has 0 saturated heterocycles. The Kier molecular flexibility index (Phi) is 2.86. The molecule has 0 spiro atoms. The number of hydrogen-bond donors (Lipinski definition) is 0. The SMILES string of the molecule is C.C=Cc1ccc2ccccc2c1. The van der Waals surface area contributed by atoms with E-state index >= 15 is 0 Å². The Bertz CT molecular complexity index is 413. The van der Waals surface area contributed by atoms with Crippen molar-refractivity contribution in [3.63, 3.8) is 0 Å². The van der Waals surface area contributed by atoms with Crippen LogP contribution in [0.3, 0.4) is 0 Å². The summed E-state index contributed by atoms with van der Waals surface area (Å²) in [6.45, 7) is 3.74. The minimum atomic E-state index is 0. The van der Waals surface area contributed by atoms with Crippen LogP contribution in [0.1, 0.15) is 13.0 Å². The van der Waals surface area contributed by atoms with E-state index in [1.807, 2.05) is 6.08 Å². The molecular formula is C13H14. The maximum absolute atomic E-state index is 3.74. The molecule has 0 atom stereocenters. The van der Waals surface area contributed by atoms with Crippen molar-refractivity contribution in [2.75, 3.05) is 0 Å². The smallest absolute Gasteiger partial charge is 0.0178 e. The zero-order valence-electron chi connectivity index (χ0n) is 6.83. The highest BCUT2D eigenvalue weighted by molar-refractivity contribution is 5.84. The van der Waals surface area contributed by atoms with Gasteiger partial charge in [-0.05, 0) is 22.4 Å². The molecule has 13 heavy (non-hydrogen) atoms. The van der Waals surface area contributed by atoms with Crippen molar-refractivity contribution in [1.29, 1.82) is 0 Å². The molecule has 0 unspecified atom stereocenters. The molecule has 0 aliphatic carbocycles.